The van der Waals surface area contributed by atoms with Crippen molar-refractivity contribution in [2.24, 2.45) is 4.99 Å². The Labute approximate surface area is 104 Å². The number of amides is 1. The van der Waals surface area contributed by atoms with Gasteiger partial charge in [-0.2, -0.15) is 0 Å². The van der Waals surface area contributed by atoms with E-state index in [9.17, 15) is 9.90 Å². The van der Waals surface area contributed by atoms with Crippen molar-refractivity contribution in [1.29, 1.82) is 0 Å². The number of carbonyl (C=O) groups excluding carboxylic acids is 1. The van der Waals surface area contributed by atoms with Crippen LogP contribution in [-0.4, -0.2) is 22.8 Å². The quantitative estimate of drug-likeness (QED) is 0.748. The molecule has 0 saturated heterocycles. The molecule has 0 radical (unpaired) electrons. The summed E-state index contributed by atoms with van der Waals surface area (Å²) in [5, 5.41) is 9.62. The summed E-state index contributed by atoms with van der Waals surface area (Å²) in [4.78, 5) is 18.1. The second-order valence-corrected chi connectivity index (χ2v) is 4.65. The van der Waals surface area contributed by atoms with E-state index < -0.39 is 0 Å². The maximum Gasteiger partial charge on any atom is 0.251 e. The number of fused-ring (bicyclic) bond motifs is 3. The predicted molar refractivity (Wildman–Crippen MR) is 67.8 cm³/mol. The van der Waals surface area contributed by atoms with E-state index in [0.717, 1.165) is 17.0 Å². The van der Waals surface area contributed by atoms with Gasteiger partial charge in [0.1, 0.15) is 5.75 Å². The van der Waals surface area contributed by atoms with Crippen LogP contribution in [0.3, 0.4) is 0 Å². The van der Waals surface area contributed by atoms with Crippen LogP contribution in [0, 0.1) is 0 Å². The lowest BCUT2D eigenvalue weighted by atomic mass is 9.89. The number of carbonyl (C=O) groups is 1. The van der Waals surface area contributed by atoms with Crippen LogP contribution in [0.4, 0.5) is 5.69 Å². The number of phenolic OH excluding ortho intramolecular Hbond substituents is 1. The van der Waals surface area contributed by atoms with Crippen molar-refractivity contribution in [3.05, 3.63) is 48.2 Å². The average molecular weight is 238 g/mol. The molecular weight excluding hydrogens is 228 g/mol. The summed E-state index contributed by atoms with van der Waals surface area (Å²) >= 11 is 0. The zero-order valence-electron chi connectivity index (χ0n) is 9.45. The number of aromatic hydroxyl groups is 1. The number of aliphatic imine (C=N–C) groups is 1. The monoisotopic (exact) mass is 238 g/mol. The number of hydrogen-bond acceptors (Lipinski definition) is 3. The molecule has 0 spiro atoms. The summed E-state index contributed by atoms with van der Waals surface area (Å²) in [6.45, 7) is 0. The molecule has 3 aliphatic heterocycles. The normalized spacial score (nSPS) is 27.0. The van der Waals surface area contributed by atoms with Crippen molar-refractivity contribution >= 4 is 17.3 Å². The first-order valence-electron chi connectivity index (χ1n) is 5.84. The van der Waals surface area contributed by atoms with Gasteiger partial charge in [0.15, 0.2) is 0 Å². The van der Waals surface area contributed by atoms with Crippen molar-refractivity contribution in [2.75, 3.05) is 4.90 Å². The molecule has 1 aromatic carbocycles. The predicted octanol–water partition coefficient (Wildman–Crippen LogP) is 1.73. The van der Waals surface area contributed by atoms with Gasteiger partial charge >= 0.3 is 0 Å². The lowest BCUT2D eigenvalue weighted by molar-refractivity contribution is -0.114. The minimum absolute atomic E-state index is 0.0244. The third-order valence-corrected chi connectivity index (χ3v) is 3.70. The maximum absolute atomic E-state index is 12.1. The Kier molecular flexibility index (Phi) is 1.66. The van der Waals surface area contributed by atoms with Gasteiger partial charge < -0.3 is 5.11 Å². The number of benzene rings is 1. The Morgan fingerprint density at radius 3 is 3.06 bits per heavy atom. The number of anilines is 1. The molecule has 0 bridgehead atoms. The van der Waals surface area contributed by atoms with Crippen molar-refractivity contribution in [1.82, 2.24) is 0 Å². The molecule has 1 aromatic rings. The number of nitrogens with zero attached hydrogens (tertiary/aromatic N) is 2. The molecule has 4 rings (SSSR count). The first-order valence-corrected chi connectivity index (χ1v) is 5.84. The van der Waals surface area contributed by atoms with Gasteiger partial charge in [0.25, 0.3) is 5.91 Å². The lowest BCUT2D eigenvalue weighted by Crippen LogP contribution is -2.46. The third-order valence-electron chi connectivity index (χ3n) is 3.70. The molecule has 18 heavy (non-hydrogen) atoms. The molecule has 3 aliphatic rings. The minimum Gasteiger partial charge on any atom is -0.508 e. The van der Waals surface area contributed by atoms with Crippen LogP contribution in [0.15, 0.2) is 47.6 Å². The highest BCUT2D eigenvalue weighted by molar-refractivity contribution is 6.19. The third kappa shape index (κ3) is 1.05. The van der Waals surface area contributed by atoms with Gasteiger partial charge in [0, 0.05) is 23.9 Å². The van der Waals surface area contributed by atoms with Gasteiger partial charge in [-0.15, -0.1) is 0 Å². The highest BCUT2D eigenvalue weighted by atomic mass is 16.3. The zero-order valence-corrected chi connectivity index (χ0v) is 9.45. The standard InChI is InChI=1S/C14H10N2O2/c17-8-1-3-12-10(7-8)9-5-6-15-11-2-4-13(18)16(12)14(9)11/h1-7,9,14,17H. The largest absolute Gasteiger partial charge is 0.508 e. The Bertz CT molecular complexity index is 658. The molecule has 1 amide bonds. The SMILES string of the molecule is O=C1C=CC2=NC=CC3c4cc(O)ccc4N1C23. The van der Waals surface area contributed by atoms with Crippen molar-refractivity contribution < 1.29 is 9.90 Å². The van der Waals surface area contributed by atoms with E-state index in [-0.39, 0.29) is 23.6 Å². The van der Waals surface area contributed by atoms with Crippen LogP contribution in [0.2, 0.25) is 0 Å². The number of rotatable bonds is 0. The van der Waals surface area contributed by atoms with E-state index >= 15 is 0 Å². The van der Waals surface area contributed by atoms with Crippen LogP contribution in [-0.2, 0) is 4.79 Å². The van der Waals surface area contributed by atoms with Crippen LogP contribution in [0.5, 0.6) is 5.75 Å². The van der Waals surface area contributed by atoms with Crippen molar-refractivity contribution in [3.63, 3.8) is 0 Å². The molecule has 88 valence electrons. The van der Waals surface area contributed by atoms with Crippen LogP contribution >= 0.6 is 0 Å². The van der Waals surface area contributed by atoms with E-state index in [1.165, 1.54) is 0 Å². The fourth-order valence-corrected chi connectivity index (χ4v) is 2.97. The summed E-state index contributed by atoms with van der Waals surface area (Å²) < 4.78 is 0. The van der Waals surface area contributed by atoms with Crippen LogP contribution in [0.1, 0.15) is 11.5 Å². The maximum atomic E-state index is 12.1. The first-order chi connectivity index (χ1) is 8.75. The number of hydrogen-bond donors (Lipinski definition) is 1. The molecule has 4 nitrogen and oxygen atoms in total. The molecule has 4 heteroatoms. The Hall–Kier alpha value is -2.36. The lowest BCUT2D eigenvalue weighted by Gasteiger charge is -2.31. The van der Waals surface area contributed by atoms with E-state index in [1.807, 2.05) is 6.08 Å². The van der Waals surface area contributed by atoms with Gasteiger partial charge in [-0.25, -0.2) is 0 Å². The highest BCUT2D eigenvalue weighted by Gasteiger charge is 2.44. The molecule has 0 aromatic heterocycles. The second kappa shape index (κ2) is 3.10. The molecule has 2 atom stereocenters. The second-order valence-electron chi connectivity index (χ2n) is 4.65. The smallest absolute Gasteiger partial charge is 0.251 e. The summed E-state index contributed by atoms with van der Waals surface area (Å²) in [6.07, 6.45) is 7.09. The Morgan fingerprint density at radius 2 is 2.17 bits per heavy atom. The highest BCUT2D eigenvalue weighted by Crippen LogP contribution is 2.46. The fraction of sp³-hybridized carbons (Fsp3) is 0.143. The molecule has 0 aliphatic carbocycles. The van der Waals surface area contributed by atoms with E-state index in [0.29, 0.717) is 0 Å². The zero-order chi connectivity index (χ0) is 12.3. The fourth-order valence-electron chi connectivity index (χ4n) is 2.97. The summed E-state index contributed by atoms with van der Waals surface area (Å²) in [5.74, 6) is 0.295. The van der Waals surface area contributed by atoms with Gasteiger partial charge in [0.05, 0.1) is 11.8 Å². The Balaban J connectivity index is 2.00. The first kappa shape index (κ1) is 9.65. The molecule has 3 heterocycles. The van der Waals surface area contributed by atoms with Crippen LogP contribution < -0.4 is 4.90 Å². The molecule has 0 saturated carbocycles. The molecular formula is C14H10N2O2. The molecule has 1 N–H and O–H groups in total. The van der Waals surface area contributed by atoms with E-state index in [4.69, 9.17) is 0 Å². The topological polar surface area (TPSA) is 52.9 Å². The van der Waals surface area contributed by atoms with Gasteiger partial charge in [-0.05, 0) is 29.8 Å². The van der Waals surface area contributed by atoms with Gasteiger partial charge in [-0.1, -0.05) is 6.08 Å². The van der Waals surface area contributed by atoms with Gasteiger partial charge in [-0.3, -0.25) is 14.7 Å². The summed E-state index contributed by atoms with van der Waals surface area (Å²) in [7, 11) is 0. The van der Waals surface area contributed by atoms with Crippen molar-refractivity contribution in [3.8, 4) is 5.75 Å². The number of phenols is 1. The van der Waals surface area contributed by atoms with Crippen LogP contribution in [0.25, 0.3) is 0 Å². The molecule has 0 fully saturated rings. The summed E-state index contributed by atoms with van der Waals surface area (Å²) in [6, 6.07) is 5.09. The van der Waals surface area contributed by atoms with E-state index in [2.05, 4.69) is 4.99 Å². The minimum atomic E-state index is -0.0516. The summed E-state index contributed by atoms with van der Waals surface area (Å²) in [5.41, 5.74) is 2.76. The molecule has 2 unspecified atom stereocenters. The van der Waals surface area contributed by atoms with Gasteiger partial charge in [0.2, 0.25) is 0 Å². The van der Waals surface area contributed by atoms with E-state index in [1.54, 1.807) is 41.5 Å². The Morgan fingerprint density at radius 1 is 1.28 bits per heavy atom. The van der Waals surface area contributed by atoms with Crippen molar-refractivity contribution in [2.45, 2.75) is 12.0 Å². The average Bonchev–Trinajstić information content (AvgIpc) is 2.70.